The van der Waals surface area contributed by atoms with E-state index in [1.807, 2.05) is 0 Å². The molecule has 1 aliphatic heterocycles. The van der Waals surface area contributed by atoms with Crippen LogP contribution < -0.4 is 5.32 Å². The molecule has 2 N–H and O–H groups in total. The lowest BCUT2D eigenvalue weighted by atomic mass is 10.1. The summed E-state index contributed by atoms with van der Waals surface area (Å²) in [6, 6.07) is 3.34. The molecule has 23 heavy (non-hydrogen) atoms. The first-order chi connectivity index (χ1) is 11.0. The second-order valence-electron chi connectivity index (χ2n) is 6.07. The Bertz CT molecular complexity index is 535. The summed E-state index contributed by atoms with van der Waals surface area (Å²) in [5.41, 5.74) is 0. The number of amides is 1. The molecule has 0 bridgehead atoms. The van der Waals surface area contributed by atoms with Crippen LogP contribution in [0.1, 0.15) is 36.1 Å². The first-order valence-corrected chi connectivity index (χ1v) is 7.97. The van der Waals surface area contributed by atoms with Gasteiger partial charge in [-0.2, -0.15) is 0 Å². The van der Waals surface area contributed by atoms with Gasteiger partial charge in [-0.25, -0.2) is 4.79 Å². The van der Waals surface area contributed by atoms with E-state index < -0.39 is 5.97 Å². The minimum absolute atomic E-state index is 0.0424. The van der Waals surface area contributed by atoms with Gasteiger partial charge in [-0.3, -0.25) is 9.69 Å². The van der Waals surface area contributed by atoms with Crippen molar-refractivity contribution >= 4 is 11.9 Å². The topological polar surface area (TPSA) is 86.0 Å². The lowest BCUT2D eigenvalue weighted by Crippen LogP contribution is -2.48. The average molecular weight is 323 g/mol. The third-order valence-corrected chi connectivity index (χ3v) is 4.28. The highest BCUT2D eigenvalue weighted by Gasteiger charge is 2.19. The second-order valence-corrected chi connectivity index (χ2v) is 6.07. The van der Waals surface area contributed by atoms with E-state index in [2.05, 4.69) is 29.1 Å². The summed E-state index contributed by atoms with van der Waals surface area (Å²) < 4.78 is 5.10. The molecule has 1 aromatic rings. The Kier molecular flexibility index (Phi) is 6.18. The maximum absolute atomic E-state index is 11.9. The molecule has 0 spiro atoms. The Labute approximate surface area is 136 Å². The lowest BCUT2D eigenvalue weighted by Gasteiger charge is -2.36. The number of likely N-dealkylation sites (N-methyl/N-ethyl adjacent to an activating group) is 1. The van der Waals surface area contributed by atoms with Crippen molar-refractivity contribution in [3.63, 3.8) is 0 Å². The number of aromatic carboxylic acids is 1. The van der Waals surface area contributed by atoms with Gasteiger partial charge in [0.2, 0.25) is 11.7 Å². The zero-order chi connectivity index (χ0) is 16.8. The van der Waals surface area contributed by atoms with E-state index in [1.165, 1.54) is 6.07 Å². The van der Waals surface area contributed by atoms with Crippen LogP contribution in [-0.2, 0) is 11.3 Å². The van der Waals surface area contributed by atoms with Crippen molar-refractivity contribution in [2.24, 2.45) is 0 Å². The first kappa shape index (κ1) is 17.5. The van der Waals surface area contributed by atoms with E-state index in [0.29, 0.717) is 18.2 Å². The molecule has 7 heteroatoms. The molecule has 2 heterocycles. The highest BCUT2D eigenvalue weighted by Crippen LogP contribution is 2.11. The van der Waals surface area contributed by atoms with Gasteiger partial charge in [0.1, 0.15) is 5.76 Å². The smallest absolute Gasteiger partial charge is 0.371 e. The number of nitrogens with zero attached hydrogens (tertiary/aromatic N) is 2. The SMILES string of the molecule is CC(CCC(=O)NCc1ccc(C(=O)O)o1)N1CCN(C)CC1. The minimum atomic E-state index is -1.11. The standard InChI is InChI=1S/C16H25N3O4/c1-12(19-9-7-18(2)8-10-19)3-6-15(20)17-11-13-4-5-14(23-13)16(21)22/h4-5,12H,3,6-11H2,1-2H3,(H,17,20)(H,21,22). The largest absolute Gasteiger partial charge is 0.475 e. The maximum atomic E-state index is 11.9. The van der Waals surface area contributed by atoms with Crippen LogP contribution in [0.15, 0.2) is 16.5 Å². The molecule has 0 aliphatic carbocycles. The summed E-state index contributed by atoms with van der Waals surface area (Å²) in [4.78, 5) is 27.3. The van der Waals surface area contributed by atoms with Gasteiger partial charge < -0.3 is 19.7 Å². The van der Waals surface area contributed by atoms with Crippen molar-refractivity contribution in [3.05, 3.63) is 23.7 Å². The van der Waals surface area contributed by atoms with Gasteiger partial charge in [0, 0.05) is 38.6 Å². The number of furan rings is 1. The van der Waals surface area contributed by atoms with Gasteiger partial charge in [-0.15, -0.1) is 0 Å². The molecule has 1 aliphatic rings. The van der Waals surface area contributed by atoms with Crippen LogP contribution in [0.5, 0.6) is 0 Å². The third-order valence-electron chi connectivity index (χ3n) is 4.28. The van der Waals surface area contributed by atoms with E-state index in [4.69, 9.17) is 9.52 Å². The maximum Gasteiger partial charge on any atom is 0.371 e. The summed E-state index contributed by atoms with van der Waals surface area (Å²) in [7, 11) is 2.12. The normalized spacial score (nSPS) is 17.8. The minimum Gasteiger partial charge on any atom is -0.475 e. The average Bonchev–Trinajstić information content (AvgIpc) is 3.00. The fourth-order valence-electron chi connectivity index (χ4n) is 2.65. The Morgan fingerprint density at radius 1 is 1.30 bits per heavy atom. The predicted octanol–water partition coefficient (Wildman–Crippen LogP) is 1.01. The number of carboxylic acid groups (broad SMARTS) is 1. The fourth-order valence-corrected chi connectivity index (χ4v) is 2.65. The van der Waals surface area contributed by atoms with Gasteiger partial charge in [-0.05, 0) is 32.5 Å². The number of carbonyl (C=O) groups is 2. The van der Waals surface area contributed by atoms with Crippen LogP contribution in [-0.4, -0.2) is 66.1 Å². The number of nitrogens with one attached hydrogen (secondary N) is 1. The van der Waals surface area contributed by atoms with E-state index in [0.717, 1.165) is 32.6 Å². The molecule has 0 aromatic carbocycles. The summed E-state index contributed by atoms with van der Waals surface area (Å²) in [6.45, 7) is 6.61. The van der Waals surface area contributed by atoms with Crippen molar-refractivity contribution in [1.29, 1.82) is 0 Å². The second kappa shape index (κ2) is 8.12. The zero-order valence-electron chi connectivity index (χ0n) is 13.7. The number of piperazine rings is 1. The molecule has 128 valence electrons. The highest BCUT2D eigenvalue weighted by atomic mass is 16.4. The number of carboxylic acids is 1. The van der Waals surface area contributed by atoms with Crippen molar-refractivity contribution < 1.29 is 19.1 Å². The van der Waals surface area contributed by atoms with Gasteiger partial charge in [-0.1, -0.05) is 0 Å². The third kappa shape index (κ3) is 5.37. The van der Waals surface area contributed by atoms with Crippen LogP contribution in [0.4, 0.5) is 0 Å². The Hall–Kier alpha value is -1.86. The van der Waals surface area contributed by atoms with Crippen LogP contribution in [0.25, 0.3) is 0 Å². The summed E-state index contributed by atoms with van der Waals surface area (Å²) in [5.74, 6) is -0.816. The molecule has 0 saturated carbocycles. The lowest BCUT2D eigenvalue weighted by molar-refractivity contribution is -0.121. The van der Waals surface area contributed by atoms with Crippen LogP contribution >= 0.6 is 0 Å². The van der Waals surface area contributed by atoms with Gasteiger partial charge in [0.25, 0.3) is 0 Å². The number of hydrogen-bond donors (Lipinski definition) is 2. The summed E-state index contributed by atoms with van der Waals surface area (Å²) in [6.07, 6.45) is 1.27. The van der Waals surface area contributed by atoms with Crippen LogP contribution in [0.2, 0.25) is 0 Å². The molecule has 2 rings (SSSR count). The van der Waals surface area contributed by atoms with Crippen LogP contribution in [0.3, 0.4) is 0 Å². The van der Waals surface area contributed by atoms with Gasteiger partial charge >= 0.3 is 5.97 Å². The summed E-state index contributed by atoms with van der Waals surface area (Å²) in [5, 5.41) is 11.5. The summed E-state index contributed by atoms with van der Waals surface area (Å²) >= 11 is 0. The molecule has 1 saturated heterocycles. The van der Waals surface area contributed by atoms with Crippen molar-refractivity contribution in [1.82, 2.24) is 15.1 Å². The Morgan fingerprint density at radius 3 is 2.61 bits per heavy atom. The molecule has 1 amide bonds. The Morgan fingerprint density at radius 2 is 2.00 bits per heavy atom. The van der Waals surface area contributed by atoms with Crippen LogP contribution in [0, 0.1) is 0 Å². The molecule has 7 nitrogen and oxygen atoms in total. The molecule has 1 atom stereocenters. The Balaban J connectivity index is 1.67. The first-order valence-electron chi connectivity index (χ1n) is 7.97. The zero-order valence-corrected chi connectivity index (χ0v) is 13.7. The van der Waals surface area contributed by atoms with Crippen molar-refractivity contribution in [2.45, 2.75) is 32.4 Å². The monoisotopic (exact) mass is 323 g/mol. The number of carbonyl (C=O) groups excluding carboxylic acids is 1. The van der Waals surface area contributed by atoms with Crippen molar-refractivity contribution in [3.8, 4) is 0 Å². The molecular weight excluding hydrogens is 298 g/mol. The quantitative estimate of drug-likeness (QED) is 0.779. The predicted molar refractivity (Wildman–Crippen MR) is 85.3 cm³/mol. The molecule has 0 radical (unpaired) electrons. The van der Waals surface area contributed by atoms with E-state index in [9.17, 15) is 9.59 Å². The molecule has 1 unspecified atom stereocenters. The highest BCUT2D eigenvalue weighted by molar-refractivity contribution is 5.84. The van der Waals surface area contributed by atoms with E-state index in [-0.39, 0.29) is 18.2 Å². The molecular formula is C16H25N3O4. The molecule has 1 fully saturated rings. The number of rotatable bonds is 7. The van der Waals surface area contributed by atoms with Gasteiger partial charge in [0.15, 0.2) is 0 Å². The fraction of sp³-hybridized carbons (Fsp3) is 0.625. The van der Waals surface area contributed by atoms with E-state index >= 15 is 0 Å². The van der Waals surface area contributed by atoms with Crippen molar-refractivity contribution in [2.75, 3.05) is 33.2 Å². The molecule has 1 aromatic heterocycles. The van der Waals surface area contributed by atoms with E-state index in [1.54, 1.807) is 6.07 Å². The number of hydrogen-bond acceptors (Lipinski definition) is 5. The van der Waals surface area contributed by atoms with Gasteiger partial charge in [0.05, 0.1) is 6.54 Å².